The molecule has 2 atom stereocenters. The van der Waals surface area contributed by atoms with E-state index >= 15 is 0 Å². The Balaban J connectivity index is 2.80. The molecule has 0 saturated heterocycles. The normalized spacial score (nSPS) is 13.6. The molecule has 0 aromatic heterocycles. The van der Waals surface area contributed by atoms with Crippen LogP contribution in [0.5, 0.6) is 0 Å². The number of carbonyl (C=O) groups is 1. The molecular formula is C12H16N2O3. The molecule has 0 aliphatic carbocycles. The van der Waals surface area contributed by atoms with E-state index in [0.29, 0.717) is 0 Å². The first-order valence-corrected chi connectivity index (χ1v) is 5.40. The fraction of sp³-hybridized carbons (Fsp3) is 0.417. The minimum atomic E-state index is -0.680. The summed E-state index contributed by atoms with van der Waals surface area (Å²) >= 11 is 0. The van der Waals surface area contributed by atoms with Crippen molar-refractivity contribution in [2.24, 2.45) is 5.29 Å². The Bertz CT molecular complexity index is 381. The summed E-state index contributed by atoms with van der Waals surface area (Å²) < 4.78 is 4.94. The van der Waals surface area contributed by atoms with Crippen molar-refractivity contribution in [2.75, 3.05) is 0 Å². The van der Waals surface area contributed by atoms with Crippen molar-refractivity contribution in [3.63, 3.8) is 0 Å². The second-order valence-electron chi connectivity index (χ2n) is 3.76. The molecule has 0 fully saturated rings. The summed E-state index contributed by atoms with van der Waals surface area (Å²) in [5.41, 5.74) is 0.936. The second-order valence-corrected chi connectivity index (χ2v) is 3.76. The summed E-state index contributed by atoms with van der Waals surface area (Å²) in [6.07, 6.45) is -0.680. The van der Waals surface area contributed by atoms with E-state index in [2.05, 4.69) is 5.29 Å². The Hall–Kier alpha value is -1.91. The Morgan fingerprint density at radius 3 is 2.35 bits per heavy atom. The fourth-order valence-electron chi connectivity index (χ4n) is 1.63. The van der Waals surface area contributed by atoms with Gasteiger partial charge in [-0.15, -0.1) is 4.91 Å². The van der Waals surface area contributed by atoms with E-state index in [0.717, 1.165) is 5.56 Å². The Morgan fingerprint density at radius 2 is 1.88 bits per heavy atom. The minimum Gasteiger partial charge on any atom is -0.440 e. The highest BCUT2D eigenvalue weighted by Gasteiger charge is 2.23. The SMILES string of the molecule is CC(=O)OC(C)N(N=O)C(C)c1ccccc1. The van der Waals surface area contributed by atoms with Crippen molar-refractivity contribution in [3.05, 3.63) is 40.8 Å². The predicted molar refractivity (Wildman–Crippen MR) is 63.7 cm³/mol. The largest absolute Gasteiger partial charge is 0.440 e. The number of ether oxygens (including phenoxy) is 1. The Kier molecular flexibility index (Phi) is 4.63. The average molecular weight is 236 g/mol. The molecule has 1 aromatic rings. The van der Waals surface area contributed by atoms with Gasteiger partial charge in [0.15, 0.2) is 6.23 Å². The van der Waals surface area contributed by atoms with E-state index < -0.39 is 12.2 Å². The van der Waals surface area contributed by atoms with Gasteiger partial charge in [-0.25, -0.2) is 5.01 Å². The van der Waals surface area contributed by atoms with Gasteiger partial charge in [-0.2, -0.15) is 0 Å². The van der Waals surface area contributed by atoms with Gasteiger partial charge in [0.25, 0.3) is 0 Å². The van der Waals surface area contributed by atoms with Gasteiger partial charge in [0.1, 0.15) is 0 Å². The van der Waals surface area contributed by atoms with Crippen molar-refractivity contribution in [3.8, 4) is 0 Å². The van der Waals surface area contributed by atoms with Crippen LogP contribution in [-0.4, -0.2) is 17.2 Å². The number of hydrogen-bond acceptors (Lipinski definition) is 4. The lowest BCUT2D eigenvalue weighted by Crippen LogP contribution is -2.33. The third-order valence-corrected chi connectivity index (χ3v) is 2.48. The average Bonchev–Trinajstić information content (AvgIpc) is 2.30. The van der Waals surface area contributed by atoms with E-state index in [4.69, 9.17) is 4.74 Å². The molecule has 0 N–H and O–H groups in total. The Morgan fingerprint density at radius 1 is 1.29 bits per heavy atom. The molecule has 1 aromatic carbocycles. The van der Waals surface area contributed by atoms with Crippen LogP contribution < -0.4 is 0 Å². The van der Waals surface area contributed by atoms with E-state index in [1.807, 2.05) is 37.3 Å². The summed E-state index contributed by atoms with van der Waals surface area (Å²) in [5, 5.41) is 4.14. The molecule has 0 aliphatic rings. The van der Waals surface area contributed by atoms with Crippen LogP contribution in [0.15, 0.2) is 35.6 Å². The zero-order chi connectivity index (χ0) is 12.8. The lowest BCUT2D eigenvalue weighted by Gasteiger charge is -2.28. The summed E-state index contributed by atoms with van der Waals surface area (Å²) in [6.45, 7) is 4.74. The molecule has 2 unspecified atom stereocenters. The van der Waals surface area contributed by atoms with Gasteiger partial charge in [-0.05, 0) is 19.4 Å². The third-order valence-electron chi connectivity index (χ3n) is 2.48. The number of carbonyl (C=O) groups excluding carboxylic acids is 1. The van der Waals surface area contributed by atoms with E-state index in [1.165, 1.54) is 11.9 Å². The molecule has 5 heteroatoms. The molecule has 1 rings (SSSR count). The maximum absolute atomic E-state index is 10.8. The molecule has 0 radical (unpaired) electrons. The molecule has 5 nitrogen and oxygen atoms in total. The van der Waals surface area contributed by atoms with Crippen LogP contribution in [0, 0.1) is 4.91 Å². The smallest absolute Gasteiger partial charge is 0.304 e. The maximum atomic E-state index is 10.8. The van der Waals surface area contributed by atoms with E-state index in [1.54, 1.807) is 6.92 Å². The molecule has 0 saturated carbocycles. The van der Waals surface area contributed by atoms with Gasteiger partial charge in [-0.3, -0.25) is 4.79 Å². The van der Waals surface area contributed by atoms with Crippen molar-refractivity contribution < 1.29 is 9.53 Å². The van der Waals surface area contributed by atoms with Crippen LogP contribution in [-0.2, 0) is 9.53 Å². The summed E-state index contributed by atoms with van der Waals surface area (Å²) in [5.74, 6) is -0.439. The first kappa shape index (κ1) is 13.2. The van der Waals surface area contributed by atoms with Crippen LogP contribution in [0.2, 0.25) is 0 Å². The van der Waals surface area contributed by atoms with Crippen molar-refractivity contribution in [1.29, 1.82) is 0 Å². The fourth-order valence-corrected chi connectivity index (χ4v) is 1.63. The van der Waals surface area contributed by atoms with Gasteiger partial charge < -0.3 is 4.74 Å². The molecule has 0 amide bonds. The van der Waals surface area contributed by atoms with Crippen LogP contribution in [0.3, 0.4) is 0 Å². The monoisotopic (exact) mass is 236 g/mol. The second kappa shape index (κ2) is 5.98. The van der Waals surface area contributed by atoms with E-state index in [-0.39, 0.29) is 6.04 Å². The zero-order valence-electron chi connectivity index (χ0n) is 10.2. The number of benzene rings is 1. The number of nitrogens with zero attached hydrogens (tertiary/aromatic N) is 2. The quantitative estimate of drug-likeness (QED) is 0.341. The predicted octanol–water partition coefficient (Wildman–Crippen LogP) is 2.64. The van der Waals surface area contributed by atoms with Crippen LogP contribution in [0.25, 0.3) is 0 Å². The lowest BCUT2D eigenvalue weighted by molar-refractivity contribution is -0.157. The molecule has 0 aliphatic heterocycles. The van der Waals surface area contributed by atoms with Gasteiger partial charge in [-0.1, -0.05) is 30.3 Å². The topological polar surface area (TPSA) is 59.0 Å². The van der Waals surface area contributed by atoms with Crippen molar-refractivity contribution in [2.45, 2.75) is 33.0 Å². The highest BCUT2D eigenvalue weighted by atomic mass is 16.6. The lowest BCUT2D eigenvalue weighted by atomic mass is 10.1. The maximum Gasteiger partial charge on any atom is 0.304 e. The third kappa shape index (κ3) is 3.55. The first-order chi connectivity index (χ1) is 8.06. The summed E-state index contributed by atoms with van der Waals surface area (Å²) in [7, 11) is 0. The highest BCUT2D eigenvalue weighted by molar-refractivity contribution is 5.66. The highest BCUT2D eigenvalue weighted by Crippen LogP contribution is 2.22. The van der Waals surface area contributed by atoms with E-state index in [9.17, 15) is 9.70 Å². The number of esters is 1. The van der Waals surface area contributed by atoms with Crippen LogP contribution >= 0.6 is 0 Å². The minimum absolute atomic E-state index is 0.247. The summed E-state index contributed by atoms with van der Waals surface area (Å²) in [6, 6.07) is 9.19. The summed E-state index contributed by atoms with van der Waals surface area (Å²) in [4.78, 5) is 21.7. The Labute approximate surface area is 100 Å². The van der Waals surface area contributed by atoms with Gasteiger partial charge in [0.05, 0.1) is 11.3 Å². The molecule has 92 valence electrons. The molecule has 17 heavy (non-hydrogen) atoms. The first-order valence-electron chi connectivity index (χ1n) is 5.40. The van der Waals surface area contributed by atoms with Crippen molar-refractivity contribution >= 4 is 5.97 Å². The number of hydrogen-bond donors (Lipinski definition) is 0. The molecule has 0 heterocycles. The molecule has 0 bridgehead atoms. The standard InChI is InChI=1S/C12H16N2O3/c1-9(12-7-5-4-6-8-12)14(13-16)10(2)17-11(3)15/h4-10H,1-3H3. The number of rotatable bonds is 5. The van der Waals surface area contributed by atoms with Gasteiger partial charge >= 0.3 is 5.97 Å². The molecular weight excluding hydrogens is 220 g/mol. The van der Waals surface area contributed by atoms with Gasteiger partial charge in [0.2, 0.25) is 0 Å². The van der Waals surface area contributed by atoms with Crippen molar-refractivity contribution in [1.82, 2.24) is 5.01 Å². The van der Waals surface area contributed by atoms with Gasteiger partial charge in [0, 0.05) is 6.92 Å². The number of nitroso groups, excluding NO2 is 1. The van der Waals surface area contributed by atoms with Crippen LogP contribution in [0.1, 0.15) is 32.4 Å². The zero-order valence-corrected chi connectivity index (χ0v) is 10.2. The van der Waals surface area contributed by atoms with Crippen LogP contribution in [0.4, 0.5) is 0 Å². The molecule has 0 spiro atoms.